The van der Waals surface area contributed by atoms with Crippen LogP contribution >= 0.6 is 10.7 Å². The Morgan fingerprint density at radius 3 is 2.68 bits per heavy atom. The maximum absolute atomic E-state index is 11.3. The van der Waals surface area contributed by atoms with Crippen LogP contribution in [0.25, 0.3) is 11.5 Å². The van der Waals surface area contributed by atoms with E-state index in [1.807, 2.05) is 6.92 Å². The number of hydrogen-bond donors (Lipinski definition) is 0. The maximum atomic E-state index is 11.3. The predicted octanol–water partition coefficient (Wildman–Crippen LogP) is 2.24. The summed E-state index contributed by atoms with van der Waals surface area (Å²) in [5.74, 6) is 1.14. The van der Waals surface area contributed by atoms with Crippen molar-refractivity contribution in [3.63, 3.8) is 0 Å². The molecule has 0 spiro atoms. The Labute approximate surface area is 114 Å². The summed E-state index contributed by atoms with van der Waals surface area (Å²) in [6.07, 6.45) is 0.610. The largest absolute Gasteiger partial charge is 0.496 e. The third kappa shape index (κ3) is 2.87. The molecule has 0 saturated heterocycles. The molecule has 0 radical (unpaired) electrons. The van der Waals surface area contributed by atoms with Crippen LogP contribution in [0.4, 0.5) is 0 Å². The summed E-state index contributed by atoms with van der Waals surface area (Å²) in [6.45, 7) is 1.88. The molecule has 0 N–H and O–H groups in total. The lowest BCUT2D eigenvalue weighted by atomic mass is 10.2. The van der Waals surface area contributed by atoms with E-state index in [0.29, 0.717) is 23.6 Å². The van der Waals surface area contributed by atoms with Gasteiger partial charge in [-0.25, -0.2) is 8.42 Å². The number of rotatable bonds is 4. The van der Waals surface area contributed by atoms with Gasteiger partial charge >= 0.3 is 0 Å². The summed E-state index contributed by atoms with van der Waals surface area (Å²) in [5, 5.41) is 3.75. The smallest absolute Gasteiger partial charge is 0.261 e. The van der Waals surface area contributed by atoms with E-state index >= 15 is 0 Å². The number of hydrogen-bond acceptors (Lipinski definition) is 6. The normalized spacial score (nSPS) is 11.5. The Morgan fingerprint density at radius 1 is 1.42 bits per heavy atom. The van der Waals surface area contributed by atoms with Gasteiger partial charge in [0.15, 0.2) is 5.82 Å². The molecular weight excluding hydrogens is 292 g/mol. The number of aryl methyl sites for hydroxylation is 1. The van der Waals surface area contributed by atoms with Gasteiger partial charge in [0.05, 0.1) is 17.6 Å². The highest BCUT2D eigenvalue weighted by molar-refractivity contribution is 8.13. The summed E-state index contributed by atoms with van der Waals surface area (Å²) in [7, 11) is 2.94. The molecule has 19 heavy (non-hydrogen) atoms. The van der Waals surface area contributed by atoms with Crippen molar-refractivity contribution >= 4 is 19.7 Å². The van der Waals surface area contributed by atoms with Gasteiger partial charge in [-0.05, 0) is 18.2 Å². The molecular formula is C11H11ClN2O4S. The van der Waals surface area contributed by atoms with Gasteiger partial charge < -0.3 is 9.26 Å². The third-order valence-electron chi connectivity index (χ3n) is 2.47. The second-order valence-electron chi connectivity index (χ2n) is 3.67. The van der Waals surface area contributed by atoms with Gasteiger partial charge in [0.1, 0.15) is 5.75 Å². The van der Waals surface area contributed by atoms with Gasteiger partial charge in [-0.3, -0.25) is 0 Å². The third-order valence-corrected chi connectivity index (χ3v) is 3.82. The van der Waals surface area contributed by atoms with Crippen molar-refractivity contribution in [2.45, 2.75) is 18.2 Å². The van der Waals surface area contributed by atoms with Crippen LogP contribution in [0.2, 0.25) is 0 Å². The van der Waals surface area contributed by atoms with Crippen molar-refractivity contribution in [2.75, 3.05) is 7.11 Å². The Hall–Kier alpha value is -1.60. The minimum Gasteiger partial charge on any atom is -0.496 e. The quantitative estimate of drug-likeness (QED) is 0.805. The molecule has 0 unspecified atom stereocenters. The Kier molecular flexibility index (Phi) is 3.77. The van der Waals surface area contributed by atoms with Crippen LogP contribution in [-0.2, 0) is 15.5 Å². The Balaban J connectivity index is 2.59. The zero-order valence-corrected chi connectivity index (χ0v) is 11.8. The highest BCUT2D eigenvalue weighted by atomic mass is 35.7. The number of aromatic nitrogens is 2. The molecule has 1 aromatic heterocycles. The molecule has 102 valence electrons. The molecule has 0 aliphatic carbocycles. The van der Waals surface area contributed by atoms with E-state index in [1.165, 1.54) is 25.3 Å². The molecule has 1 aromatic carbocycles. The van der Waals surface area contributed by atoms with E-state index in [4.69, 9.17) is 19.9 Å². The van der Waals surface area contributed by atoms with Gasteiger partial charge in [0, 0.05) is 17.1 Å². The second-order valence-corrected chi connectivity index (χ2v) is 6.24. The average molecular weight is 303 g/mol. The zero-order chi connectivity index (χ0) is 14.0. The van der Waals surface area contributed by atoms with Crippen LogP contribution in [0, 0.1) is 0 Å². The first-order valence-corrected chi connectivity index (χ1v) is 7.72. The van der Waals surface area contributed by atoms with Crippen LogP contribution < -0.4 is 4.74 Å². The fourth-order valence-corrected chi connectivity index (χ4v) is 2.29. The number of methoxy groups -OCH3 is 1. The van der Waals surface area contributed by atoms with Gasteiger partial charge in [-0.15, -0.1) is 0 Å². The summed E-state index contributed by atoms with van der Waals surface area (Å²) in [4.78, 5) is 4.08. The van der Waals surface area contributed by atoms with E-state index in [-0.39, 0.29) is 10.8 Å². The molecule has 1 heterocycles. The van der Waals surface area contributed by atoms with Crippen molar-refractivity contribution < 1.29 is 17.7 Å². The topological polar surface area (TPSA) is 82.3 Å². The van der Waals surface area contributed by atoms with Crippen molar-refractivity contribution in [2.24, 2.45) is 0 Å². The molecule has 8 heteroatoms. The lowest BCUT2D eigenvalue weighted by Crippen LogP contribution is -1.94. The number of benzene rings is 1. The highest BCUT2D eigenvalue weighted by Crippen LogP contribution is 2.32. The number of nitrogens with zero attached hydrogens (tertiary/aromatic N) is 2. The predicted molar refractivity (Wildman–Crippen MR) is 68.7 cm³/mol. The van der Waals surface area contributed by atoms with E-state index in [0.717, 1.165) is 0 Å². The molecule has 2 aromatic rings. The molecule has 0 fully saturated rings. The number of halogens is 1. The first-order valence-electron chi connectivity index (χ1n) is 5.41. The van der Waals surface area contributed by atoms with Gasteiger partial charge in [-0.1, -0.05) is 12.1 Å². The second kappa shape index (κ2) is 5.18. The first kappa shape index (κ1) is 13.8. The summed E-state index contributed by atoms with van der Waals surface area (Å²) < 4.78 is 32.9. The SMILES string of the molecule is CCc1noc(-c2cc(S(=O)(=O)Cl)ccc2OC)n1. The minimum absolute atomic E-state index is 0.0544. The van der Waals surface area contributed by atoms with Crippen LogP contribution in [0.1, 0.15) is 12.7 Å². The zero-order valence-electron chi connectivity index (χ0n) is 10.3. The average Bonchev–Trinajstić information content (AvgIpc) is 2.85. The monoisotopic (exact) mass is 302 g/mol. The first-order chi connectivity index (χ1) is 8.95. The van der Waals surface area contributed by atoms with Crippen LogP contribution in [-0.4, -0.2) is 25.7 Å². The minimum atomic E-state index is -3.83. The number of ether oxygens (including phenoxy) is 1. The van der Waals surface area contributed by atoms with Gasteiger partial charge in [0.2, 0.25) is 0 Å². The summed E-state index contributed by atoms with van der Waals surface area (Å²) >= 11 is 0. The Morgan fingerprint density at radius 2 is 2.16 bits per heavy atom. The van der Waals surface area contributed by atoms with Crippen LogP contribution in [0.5, 0.6) is 5.75 Å². The van der Waals surface area contributed by atoms with Crippen molar-refractivity contribution in [3.8, 4) is 17.2 Å². The molecule has 0 atom stereocenters. The molecule has 0 saturated carbocycles. The Bertz CT molecular complexity index is 696. The van der Waals surface area contributed by atoms with Crippen molar-refractivity contribution in [3.05, 3.63) is 24.0 Å². The molecule has 0 aliphatic rings. The fraction of sp³-hybridized carbons (Fsp3) is 0.273. The summed E-state index contributed by atoms with van der Waals surface area (Å²) in [6, 6.07) is 4.18. The molecule has 0 bridgehead atoms. The summed E-state index contributed by atoms with van der Waals surface area (Å²) in [5.41, 5.74) is 0.386. The standard InChI is InChI=1S/C11H11ClN2O4S/c1-3-10-13-11(18-14-10)8-6-7(19(12,15)16)4-5-9(8)17-2/h4-6H,3H2,1-2H3. The van der Waals surface area contributed by atoms with E-state index < -0.39 is 9.05 Å². The molecule has 0 aliphatic heterocycles. The highest BCUT2D eigenvalue weighted by Gasteiger charge is 2.18. The van der Waals surface area contributed by atoms with E-state index in [9.17, 15) is 8.42 Å². The van der Waals surface area contributed by atoms with E-state index in [1.54, 1.807) is 0 Å². The van der Waals surface area contributed by atoms with Gasteiger partial charge in [-0.2, -0.15) is 4.98 Å². The van der Waals surface area contributed by atoms with Crippen LogP contribution in [0.3, 0.4) is 0 Å². The lowest BCUT2D eigenvalue weighted by Gasteiger charge is -2.06. The maximum Gasteiger partial charge on any atom is 0.261 e. The molecule has 2 rings (SSSR count). The fourth-order valence-electron chi connectivity index (χ4n) is 1.51. The van der Waals surface area contributed by atoms with Crippen molar-refractivity contribution in [1.29, 1.82) is 0 Å². The molecule has 0 amide bonds. The van der Waals surface area contributed by atoms with Crippen LogP contribution in [0.15, 0.2) is 27.6 Å². The van der Waals surface area contributed by atoms with Gasteiger partial charge in [0.25, 0.3) is 14.9 Å². The van der Waals surface area contributed by atoms with Crippen molar-refractivity contribution in [1.82, 2.24) is 10.1 Å². The van der Waals surface area contributed by atoms with E-state index in [2.05, 4.69) is 10.1 Å². The lowest BCUT2D eigenvalue weighted by molar-refractivity contribution is 0.402. The molecule has 6 nitrogen and oxygen atoms in total.